The van der Waals surface area contributed by atoms with Crippen LogP contribution in [0.5, 0.6) is 0 Å². The van der Waals surface area contributed by atoms with Crippen LogP contribution in [0.15, 0.2) is 0 Å². The van der Waals surface area contributed by atoms with E-state index in [1.807, 2.05) is 0 Å². The van der Waals surface area contributed by atoms with Gasteiger partial charge in [-0.1, -0.05) is 26.2 Å². The Labute approximate surface area is 100 Å². The van der Waals surface area contributed by atoms with Gasteiger partial charge in [0.25, 0.3) is 0 Å². The van der Waals surface area contributed by atoms with Crippen molar-refractivity contribution in [3.8, 4) is 0 Å². The summed E-state index contributed by atoms with van der Waals surface area (Å²) in [7, 11) is 0. The van der Waals surface area contributed by atoms with E-state index in [9.17, 15) is 0 Å². The number of hydrogen-bond acceptors (Lipinski definition) is 1. The maximum Gasteiger partial charge on any atom is 0.0223 e. The summed E-state index contributed by atoms with van der Waals surface area (Å²) in [6.45, 7) is 4.99. The van der Waals surface area contributed by atoms with Crippen LogP contribution >= 0.6 is 11.6 Å². The topological polar surface area (TPSA) is 3.24 Å². The van der Waals surface area contributed by atoms with Crippen LogP contribution < -0.4 is 0 Å². The van der Waals surface area contributed by atoms with Crippen molar-refractivity contribution in [1.29, 1.82) is 0 Å². The van der Waals surface area contributed by atoms with E-state index < -0.39 is 0 Å². The Morgan fingerprint density at radius 2 is 1.93 bits per heavy atom. The molecule has 0 aromatic heterocycles. The van der Waals surface area contributed by atoms with Crippen LogP contribution in [0.2, 0.25) is 0 Å². The Kier molecular flexibility index (Phi) is 7.46. The molecular formula is C13H26ClN. The quantitative estimate of drug-likeness (QED) is 0.472. The first-order valence-corrected chi connectivity index (χ1v) is 7.22. The third kappa shape index (κ3) is 5.21. The van der Waals surface area contributed by atoms with Gasteiger partial charge in [-0.3, -0.25) is 0 Å². The molecule has 1 aliphatic rings. The Morgan fingerprint density at radius 3 is 2.67 bits per heavy atom. The molecular weight excluding hydrogens is 206 g/mol. The van der Waals surface area contributed by atoms with E-state index in [1.54, 1.807) is 0 Å². The second-order valence-electron chi connectivity index (χ2n) is 4.70. The molecule has 1 aliphatic heterocycles. The number of rotatable bonds is 7. The van der Waals surface area contributed by atoms with Gasteiger partial charge in [0.1, 0.15) is 0 Å². The zero-order chi connectivity index (χ0) is 10.9. The van der Waals surface area contributed by atoms with Gasteiger partial charge in [0.05, 0.1) is 0 Å². The molecule has 0 amide bonds. The minimum absolute atomic E-state index is 0.835. The van der Waals surface area contributed by atoms with Crippen molar-refractivity contribution in [3.63, 3.8) is 0 Å². The Morgan fingerprint density at radius 1 is 1.13 bits per heavy atom. The van der Waals surface area contributed by atoms with Crippen LogP contribution in [-0.4, -0.2) is 29.9 Å². The zero-order valence-electron chi connectivity index (χ0n) is 10.2. The van der Waals surface area contributed by atoms with Crippen molar-refractivity contribution in [2.24, 2.45) is 0 Å². The van der Waals surface area contributed by atoms with Gasteiger partial charge in [0.15, 0.2) is 0 Å². The molecule has 0 aliphatic carbocycles. The molecule has 15 heavy (non-hydrogen) atoms. The first kappa shape index (κ1) is 13.3. The standard InChI is InChI=1S/C13H26ClN/c1-2-13-9-5-8-12-15(13)11-7-4-3-6-10-14/h13H,2-12H2,1H3. The van der Waals surface area contributed by atoms with Gasteiger partial charge in [-0.15, -0.1) is 11.6 Å². The number of unbranched alkanes of at least 4 members (excludes halogenated alkanes) is 3. The summed E-state index contributed by atoms with van der Waals surface area (Å²) < 4.78 is 0. The van der Waals surface area contributed by atoms with Crippen molar-refractivity contribution in [3.05, 3.63) is 0 Å². The molecule has 0 N–H and O–H groups in total. The molecule has 1 nitrogen and oxygen atoms in total. The fraction of sp³-hybridized carbons (Fsp3) is 1.00. The second-order valence-corrected chi connectivity index (χ2v) is 5.07. The highest BCUT2D eigenvalue weighted by Gasteiger charge is 2.19. The normalized spacial score (nSPS) is 23.2. The summed E-state index contributed by atoms with van der Waals surface area (Å²) in [6, 6.07) is 0.881. The molecule has 0 aromatic carbocycles. The van der Waals surface area contributed by atoms with E-state index in [-0.39, 0.29) is 0 Å². The molecule has 90 valence electrons. The fourth-order valence-corrected chi connectivity index (χ4v) is 2.77. The summed E-state index contributed by atoms with van der Waals surface area (Å²) >= 11 is 5.66. The monoisotopic (exact) mass is 231 g/mol. The summed E-state index contributed by atoms with van der Waals surface area (Å²) in [5.74, 6) is 0.835. The minimum atomic E-state index is 0.835. The average Bonchev–Trinajstić information content (AvgIpc) is 2.29. The van der Waals surface area contributed by atoms with Crippen LogP contribution in [0.3, 0.4) is 0 Å². The van der Waals surface area contributed by atoms with Gasteiger partial charge in [-0.05, 0) is 45.2 Å². The van der Waals surface area contributed by atoms with Crippen LogP contribution in [0.1, 0.15) is 58.3 Å². The van der Waals surface area contributed by atoms with E-state index in [1.165, 1.54) is 64.5 Å². The highest BCUT2D eigenvalue weighted by Crippen LogP contribution is 2.19. The van der Waals surface area contributed by atoms with Crippen LogP contribution in [0.25, 0.3) is 0 Å². The van der Waals surface area contributed by atoms with Gasteiger partial charge >= 0.3 is 0 Å². The molecule has 1 unspecified atom stereocenters. The lowest BCUT2D eigenvalue weighted by Crippen LogP contribution is -2.39. The SMILES string of the molecule is CCC1CCCCN1CCCCCCCl. The Hall–Kier alpha value is 0.250. The third-order valence-corrected chi connectivity index (χ3v) is 3.82. The number of likely N-dealkylation sites (tertiary alicyclic amines) is 1. The van der Waals surface area contributed by atoms with Crippen molar-refractivity contribution in [2.75, 3.05) is 19.0 Å². The first-order valence-electron chi connectivity index (χ1n) is 6.68. The molecule has 1 rings (SSSR count). The lowest BCUT2D eigenvalue weighted by Gasteiger charge is -2.35. The average molecular weight is 232 g/mol. The number of halogens is 1. The number of piperidine rings is 1. The van der Waals surface area contributed by atoms with E-state index in [4.69, 9.17) is 11.6 Å². The summed E-state index contributed by atoms with van der Waals surface area (Å²) in [4.78, 5) is 2.71. The van der Waals surface area contributed by atoms with Gasteiger partial charge in [0, 0.05) is 11.9 Å². The molecule has 0 saturated carbocycles. The van der Waals surface area contributed by atoms with E-state index in [0.29, 0.717) is 0 Å². The molecule has 0 aromatic rings. The molecule has 0 radical (unpaired) electrons. The fourth-order valence-electron chi connectivity index (χ4n) is 2.58. The van der Waals surface area contributed by atoms with E-state index in [2.05, 4.69) is 11.8 Å². The highest BCUT2D eigenvalue weighted by atomic mass is 35.5. The predicted octanol–water partition coefficient (Wildman–Crippen LogP) is 4.05. The van der Waals surface area contributed by atoms with Gasteiger partial charge in [-0.25, -0.2) is 0 Å². The van der Waals surface area contributed by atoms with Crippen molar-refractivity contribution >= 4 is 11.6 Å². The van der Waals surface area contributed by atoms with Crippen molar-refractivity contribution in [2.45, 2.75) is 64.3 Å². The molecule has 1 saturated heterocycles. The molecule has 1 atom stereocenters. The Balaban J connectivity index is 2.07. The molecule has 1 fully saturated rings. The first-order chi connectivity index (χ1) is 7.38. The predicted molar refractivity (Wildman–Crippen MR) is 68.7 cm³/mol. The Bertz CT molecular complexity index is 149. The lowest BCUT2D eigenvalue weighted by molar-refractivity contribution is 0.141. The molecule has 2 heteroatoms. The highest BCUT2D eigenvalue weighted by molar-refractivity contribution is 6.17. The smallest absolute Gasteiger partial charge is 0.0223 e. The van der Waals surface area contributed by atoms with Crippen molar-refractivity contribution in [1.82, 2.24) is 4.90 Å². The molecule has 0 spiro atoms. The zero-order valence-corrected chi connectivity index (χ0v) is 10.9. The largest absolute Gasteiger partial charge is 0.300 e. The summed E-state index contributed by atoms with van der Waals surface area (Å²) in [5, 5.41) is 0. The third-order valence-electron chi connectivity index (χ3n) is 3.55. The van der Waals surface area contributed by atoms with Gasteiger partial charge in [-0.2, -0.15) is 0 Å². The van der Waals surface area contributed by atoms with Gasteiger partial charge < -0.3 is 4.90 Å². The van der Waals surface area contributed by atoms with E-state index >= 15 is 0 Å². The van der Waals surface area contributed by atoms with Crippen molar-refractivity contribution < 1.29 is 0 Å². The second kappa shape index (κ2) is 8.41. The molecule has 0 bridgehead atoms. The minimum Gasteiger partial charge on any atom is -0.300 e. The summed E-state index contributed by atoms with van der Waals surface area (Å²) in [5.41, 5.74) is 0. The number of hydrogen-bond donors (Lipinski definition) is 0. The lowest BCUT2D eigenvalue weighted by atomic mass is 9.99. The van der Waals surface area contributed by atoms with E-state index in [0.717, 1.165) is 11.9 Å². The maximum absolute atomic E-state index is 5.66. The maximum atomic E-state index is 5.66. The number of alkyl halides is 1. The van der Waals surface area contributed by atoms with Crippen LogP contribution in [0.4, 0.5) is 0 Å². The van der Waals surface area contributed by atoms with Crippen LogP contribution in [-0.2, 0) is 0 Å². The molecule has 1 heterocycles. The van der Waals surface area contributed by atoms with Gasteiger partial charge in [0.2, 0.25) is 0 Å². The van der Waals surface area contributed by atoms with Crippen LogP contribution in [0, 0.1) is 0 Å². The summed E-state index contributed by atoms with van der Waals surface area (Å²) in [6.07, 6.45) is 10.9. The number of nitrogens with zero attached hydrogens (tertiary/aromatic N) is 1.